The first-order chi connectivity index (χ1) is 11.8. The summed E-state index contributed by atoms with van der Waals surface area (Å²) in [5.74, 6) is 1.27. The number of benzene rings is 1. The molecule has 2 rings (SSSR count). The normalized spacial score (nSPS) is 17.6. The van der Waals surface area contributed by atoms with Crippen LogP contribution in [0.1, 0.15) is 32.8 Å². The number of halogens is 1. The minimum absolute atomic E-state index is 0.217. The van der Waals surface area contributed by atoms with Gasteiger partial charge >= 0.3 is 6.09 Å². The van der Waals surface area contributed by atoms with Crippen molar-refractivity contribution < 1.29 is 19.0 Å². The summed E-state index contributed by atoms with van der Waals surface area (Å²) >= 11 is 3.62. The molecule has 0 N–H and O–H groups in total. The van der Waals surface area contributed by atoms with Gasteiger partial charge in [-0.1, -0.05) is 15.9 Å². The van der Waals surface area contributed by atoms with Crippen molar-refractivity contribution in [1.29, 1.82) is 0 Å². The molecule has 1 amide bonds. The number of methoxy groups -OCH3 is 1. The fourth-order valence-corrected chi connectivity index (χ4v) is 3.25. The first kappa shape index (κ1) is 20.0. The summed E-state index contributed by atoms with van der Waals surface area (Å²) in [6.07, 6.45) is 1.67. The number of hydrogen-bond donors (Lipinski definition) is 0. The SMILES string of the molecule is COCCOc1ccc(Br)c(CC2CCN(C(=O)OC(C)(C)C)C2)c1. The third-order valence-electron chi connectivity index (χ3n) is 4.02. The number of rotatable bonds is 6. The Kier molecular flexibility index (Phi) is 7.14. The smallest absolute Gasteiger partial charge is 0.410 e. The number of carbonyl (C=O) groups excluding carboxylic acids is 1. The molecule has 1 unspecified atom stereocenters. The van der Waals surface area contributed by atoms with Crippen LogP contribution in [0.2, 0.25) is 0 Å². The van der Waals surface area contributed by atoms with Crippen molar-refractivity contribution in [2.45, 2.75) is 39.2 Å². The van der Waals surface area contributed by atoms with Crippen molar-refractivity contribution in [2.75, 3.05) is 33.4 Å². The van der Waals surface area contributed by atoms with Crippen LogP contribution in [0, 0.1) is 5.92 Å². The van der Waals surface area contributed by atoms with Crippen molar-refractivity contribution in [3.05, 3.63) is 28.2 Å². The Morgan fingerprint density at radius 3 is 2.76 bits per heavy atom. The molecular weight excluding hydrogens is 386 g/mol. The Balaban J connectivity index is 1.92. The summed E-state index contributed by atoms with van der Waals surface area (Å²) in [4.78, 5) is 14.0. The van der Waals surface area contributed by atoms with Crippen LogP contribution in [-0.4, -0.2) is 50.0 Å². The molecule has 1 heterocycles. The zero-order valence-corrected chi connectivity index (χ0v) is 17.1. The van der Waals surface area contributed by atoms with Gasteiger partial charge in [-0.05, 0) is 63.3 Å². The third-order valence-corrected chi connectivity index (χ3v) is 4.79. The predicted molar refractivity (Wildman–Crippen MR) is 101 cm³/mol. The molecule has 1 fully saturated rings. The van der Waals surface area contributed by atoms with E-state index < -0.39 is 5.60 Å². The maximum Gasteiger partial charge on any atom is 0.410 e. The minimum atomic E-state index is -0.452. The van der Waals surface area contributed by atoms with E-state index in [1.54, 1.807) is 7.11 Å². The van der Waals surface area contributed by atoms with Gasteiger partial charge in [-0.25, -0.2) is 4.79 Å². The molecule has 6 heteroatoms. The molecule has 1 atom stereocenters. The van der Waals surface area contributed by atoms with Crippen LogP contribution in [0.4, 0.5) is 4.79 Å². The number of likely N-dealkylation sites (tertiary alicyclic amines) is 1. The molecule has 5 nitrogen and oxygen atoms in total. The fraction of sp³-hybridized carbons (Fsp3) is 0.632. The summed E-state index contributed by atoms with van der Waals surface area (Å²) in [6, 6.07) is 6.03. The second-order valence-corrected chi connectivity index (χ2v) is 8.23. The quantitative estimate of drug-likeness (QED) is 0.653. The molecule has 1 aliphatic heterocycles. The highest BCUT2D eigenvalue weighted by atomic mass is 79.9. The highest BCUT2D eigenvalue weighted by molar-refractivity contribution is 9.10. The molecule has 0 aromatic heterocycles. The minimum Gasteiger partial charge on any atom is -0.491 e. The van der Waals surface area contributed by atoms with E-state index in [1.165, 1.54) is 5.56 Å². The number of ether oxygens (including phenoxy) is 3. The second kappa shape index (κ2) is 8.90. The zero-order valence-electron chi connectivity index (χ0n) is 15.5. The van der Waals surface area contributed by atoms with Crippen molar-refractivity contribution >= 4 is 22.0 Å². The van der Waals surface area contributed by atoms with Gasteiger partial charge in [0.15, 0.2) is 0 Å². The lowest BCUT2D eigenvalue weighted by Crippen LogP contribution is -2.35. The van der Waals surface area contributed by atoms with Crippen molar-refractivity contribution in [3.63, 3.8) is 0 Å². The van der Waals surface area contributed by atoms with Gasteiger partial charge in [0.2, 0.25) is 0 Å². The Bertz CT molecular complexity index is 585. The Morgan fingerprint density at radius 2 is 2.08 bits per heavy atom. The van der Waals surface area contributed by atoms with Crippen molar-refractivity contribution in [3.8, 4) is 5.75 Å². The van der Waals surface area contributed by atoms with Gasteiger partial charge in [-0.15, -0.1) is 0 Å². The van der Waals surface area contributed by atoms with Gasteiger partial charge in [-0.3, -0.25) is 0 Å². The van der Waals surface area contributed by atoms with Gasteiger partial charge in [-0.2, -0.15) is 0 Å². The van der Waals surface area contributed by atoms with E-state index in [9.17, 15) is 4.79 Å². The first-order valence-electron chi connectivity index (χ1n) is 8.66. The van der Waals surface area contributed by atoms with Gasteiger partial charge in [0.1, 0.15) is 18.0 Å². The third kappa shape index (κ3) is 6.51. The molecule has 1 aromatic rings. The molecular formula is C19H28BrNO4. The van der Waals surface area contributed by atoms with E-state index >= 15 is 0 Å². The van der Waals surface area contributed by atoms with Gasteiger partial charge < -0.3 is 19.1 Å². The van der Waals surface area contributed by atoms with E-state index in [2.05, 4.69) is 22.0 Å². The monoisotopic (exact) mass is 413 g/mol. The van der Waals surface area contributed by atoms with Crippen LogP contribution >= 0.6 is 15.9 Å². The zero-order chi connectivity index (χ0) is 18.4. The van der Waals surface area contributed by atoms with E-state index in [-0.39, 0.29) is 6.09 Å². The van der Waals surface area contributed by atoms with Gasteiger partial charge in [0.25, 0.3) is 0 Å². The van der Waals surface area contributed by atoms with E-state index in [1.807, 2.05) is 37.8 Å². The van der Waals surface area contributed by atoms with Crippen LogP contribution in [0.3, 0.4) is 0 Å². The van der Waals surface area contributed by atoms with Crippen molar-refractivity contribution in [2.24, 2.45) is 5.92 Å². The molecule has 25 heavy (non-hydrogen) atoms. The van der Waals surface area contributed by atoms with Gasteiger partial charge in [0.05, 0.1) is 6.61 Å². The van der Waals surface area contributed by atoms with Crippen LogP contribution in [0.25, 0.3) is 0 Å². The summed E-state index contributed by atoms with van der Waals surface area (Å²) in [5, 5.41) is 0. The Hall–Kier alpha value is -1.27. The summed E-state index contributed by atoms with van der Waals surface area (Å²) in [5.41, 5.74) is 0.748. The standard InChI is InChI=1S/C19H28BrNO4/c1-19(2,3)25-18(22)21-8-7-14(13-21)11-15-12-16(5-6-17(15)20)24-10-9-23-4/h5-6,12,14H,7-11,13H2,1-4H3. The molecule has 0 aliphatic carbocycles. The molecule has 0 spiro atoms. The number of carbonyl (C=O) groups is 1. The van der Waals surface area contributed by atoms with Gasteiger partial charge in [0, 0.05) is 24.7 Å². The first-order valence-corrected chi connectivity index (χ1v) is 9.46. The Labute approximate surface area is 158 Å². The van der Waals surface area contributed by atoms with E-state index in [4.69, 9.17) is 14.2 Å². The maximum atomic E-state index is 12.2. The lowest BCUT2D eigenvalue weighted by Gasteiger charge is -2.24. The molecule has 0 saturated carbocycles. The second-order valence-electron chi connectivity index (χ2n) is 7.38. The van der Waals surface area contributed by atoms with E-state index in [0.29, 0.717) is 19.1 Å². The largest absolute Gasteiger partial charge is 0.491 e. The maximum absolute atomic E-state index is 12.2. The van der Waals surface area contributed by atoms with Crippen molar-refractivity contribution in [1.82, 2.24) is 4.90 Å². The fourth-order valence-electron chi connectivity index (χ4n) is 2.84. The summed E-state index contributed by atoms with van der Waals surface area (Å²) in [6.45, 7) is 8.27. The molecule has 1 aliphatic rings. The molecule has 1 aromatic carbocycles. The Morgan fingerprint density at radius 1 is 1.32 bits per heavy atom. The predicted octanol–water partition coefficient (Wildman–Crippen LogP) is 4.27. The lowest BCUT2D eigenvalue weighted by molar-refractivity contribution is 0.0288. The highest BCUT2D eigenvalue weighted by Gasteiger charge is 2.30. The number of nitrogens with zero attached hydrogens (tertiary/aromatic N) is 1. The molecule has 1 saturated heterocycles. The van der Waals surface area contributed by atoms with Crippen LogP contribution < -0.4 is 4.74 Å². The topological polar surface area (TPSA) is 48.0 Å². The summed E-state index contributed by atoms with van der Waals surface area (Å²) in [7, 11) is 1.66. The van der Waals surface area contributed by atoms with Crippen LogP contribution in [0.5, 0.6) is 5.75 Å². The average molecular weight is 414 g/mol. The lowest BCUT2D eigenvalue weighted by atomic mass is 9.98. The number of hydrogen-bond acceptors (Lipinski definition) is 4. The number of amides is 1. The van der Waals surface area contributed by atoms with Crippen LogP contribution in [-0.2, 0) is 15.9 Å². The molecule has 140 valence electrons. The van der Waals surface area contributed by atoms with Crippen LogP contribution in [0.15, 0.2) is 22.7 Å². The highest BCUT2D eigenvalue weighted by Crippen LogP contribution is 2.29. The van der Waals surface area contributed by atoms with E-state index in [0.717, 1.165) is 36.2 Å². The molecule has 0 bridgehead atoms. The molecule has 0 radical (unpaired) electrons. The average Bonchev–Trinajstić information content (AvgIpc) is 2.98. The summed E-state index contributed by atoms with van der Waals surface area (Å²) < 4.78 is 17.2.